The van der Waals surface area contributed by atoms with Gasteiger partial charge in [-0.25, -0.2) is 0 Å². The van der Waals surface area contributed by atoms with Crippen LogP contribution < -0.4 is 5.32 Å². The third-order valence-electron chi connectivity index (χ3n) is 3.38. The fourth-order valence-corrected chi connectivity index (χ4v) is 1.44. The molecule has 18 heavy (non-hydrogen) atoms. The third kappa shape index (κ3) is 3.47. The molecule has 0 fully saturated rings. The predicted octanol–water partition coefficient (Wildman–Crippen LogP) is 1.84. The number of aromatic hydroxyl groups is 1. The Kier molecular flexibility index (Phi) is 4.73. The number of benzene rings is 1. The minimum atomic E-state index is -0.303. The van der Waals surface area contributed by atoms with Crippen molar-refractivity contribution in [3.05, 3.63) is 29.3 Å². The lowest BCUT2D eigenvalue weighted by atomic mass is 9.88. The Morgan fingerprint density at radius 2 is 2.11 bits per heavy atom. The largest absolute Gasteiger partial charge is 0.508 e. The summed E-state index contributed by atoms with van der Waals surface area (Å²) in [6.45, 7) is 6.10. The summed E-state index contributed by atoms with van der Waals surface area (Å²) in [4.78, 5) is 11.9. The highest BCUT2D eigenvalue weighted by molar-refractivity contribution is 5.94. The zero-order valence-corrected chi connectivity index (χ0v) is 11.2. The van der Waals surface area contributed by atoms with Gasteiger partial charge in [0.25, 0.3) is 5.91 Å². The van der Waals surface area contributed by atoms with Crippen LogP contribution in [0.3, 0.4) is 0 Å². The fourth-order valence-electron chi connectivity index (χ4n) is 1.44. The van der Waals surface area contributed by atoms with E-state index in [0.717, 1.165) is 12.0 Å². The quantitative estimate of drug-likeness (QED) is 0.748. The molecule has 0 aromatic heterocycles. The van der Waals surface area contributed by atoms with Gasteiger partial charge in [0.05, 0.1) is 6.61 Å². The third-order valence-corrected chi connectivity index (χ3v) is 3.38. The lowest BCUT2D eigenvalue weighted by molar-refractivity contribution is 0.0890. The van der Waals surface area contributed by atoms with Crippen LogP contribution in [0.4, 0.5) is 0 Å². The number of amides is 1. The highest BCUT2D eigenvalue weighted by Gasteiger charge is 2.22. The lowest BCUT2D eigenvalue weighted by Gasteiger charge is -2.25. The van der Waals surface area contributed by atoms with E-state index in [9.17, 15) is 15.0 Å². The van der Waals surface area contributed by atoms with Crippen molar-refractivity contribution in [3.63, 3.8) is 0 Å². The van der Waals surface area contributed by atoms with Crippen molar-refractivity contribution >= 4 is 5.91 Å². The number of hydrogen-bond acceptors (Lipinski definition) is 3. The molecule has 1 aromatic rings. The molecule has 100 valence electrons. The normalized spacial score (nSPS) is 14.0. The van der Waals surface area contributed by atoms with Crippen LogP contribution in [-0.4, -0.2) is 29.3 Å². The molecule has 0 saturated heterocycles. The average molecular weight is 251 g/mol. The van der Waals surface area contributed by atoms with Crippen molar-refractivity contribution in [1.29, 1.82) is 0 Å². The van der Waals surface area contributed by atoms with Gasteiger partial charge in [-0.2, -0.15) is 0 Å². The molecule has 0 aliphatic heterocycles. The van der Waals surface area contributed by atoms with E-state index in [2.05, 4.69) is 5.32 Å². The Morgan fingerprint density at radius 1 is 1.44 bits per heavy atom. The Labute approximate surface area is 108 Å². The minimum Gasteiger partial charge on any atom is -0.508 e. The van der Waals surface area contributed by atoms with Crippen molar-refractivity contribution < 1.29 is 15.0 Å². The van der Waals surface area contributed by atoms with Crippen molar-refractivity contribution in [1.82, 2.24) is 5.32 Å². The maximum absolute atomic E-state index is 11.9. The summed E-state index contributed by atoms with van der Waals surface area (Å²) in [5.41, 5.74) is 0.859. The van der Waals surface area contributed by atoms with Gasteiger partial charge in [0.2, 0.25) is 0 Å². The van der Waals surface area contributed by atoms with E-state index in [1.807, 2.05) is 13.8 Å². The SMILES string of the molecule is CC[C@@](C)(CO)CNC(=O)c1ccc(C)c(O)c1. The highest BCUT2D eigenvalue weighted by atomic mass is 16.3. The molecule has 0 spiro atoms. The first-order valence-electron chi connectivity index (χ1n) is 6.10. The molecule has 0 unspecified atom stereocenters. The van der Waals surface area contributed by atoms with Crippen molar-refractivity contribution in [2.45, 2.75) is 27.2 Å². The van der Waals surface area contributed by atoms with Gasteiger partial charge in [-0.3, -0.25) is 4.79 Å². The van der Waals surface area contributed by atoms with Crippen LogP contribution in [-0.2, 0) is 0 Å². The van der Waals surface area contributed by atoms with E-state index >= 15 is 0 Å². The first-order chi connectivity index (χ1) is 8.41. The van der Waals surface area contributed by atoms with Crippen LogP contribution in [0.25, 0.3) is 0 Å². The van der Waals surface area contributed by atoms with Gasteiger partial charge < -0.3 is 15.5 Å². The average Bonchev–Trinajstić information content (AvgIpc) is 2.38. The number of carbonyl (C=O) groups excluding carboxylic acids is 1. The van der Waals surface area contributed by atoms with E-state index in [4.69, 9.17) is 0 Å². The van der Waals surface area contributed by atoms with Crippen LogP contribution in [0.5, 0.6) is 5.75 Å². The molecule has 0 aliphatic carbocycles. The first-order valence-corrected chi connectivity index (χ1v) is 6.10. The summed E-state index contributed by atoms with van der Waals surface area (Å²) >= 11 is 0. The molecule has 0 aliphatic rings. The van der Waals surface area contributed by atoms with E-state index < -0.39 is 0 Å². The minimum absolute atomic E-state index is 0.0307. The molecular formula is C14H21NO3. The summed E-state index contributed by atoms with van der Waals surface area (Å²) in [6, 6.07) is 4.83. The number of aliphatic hydroxyl groups is 1. The predicted molar refractivity (Wildman–Crippen MR) is 70.7 cm³/mol. The summed E-state index contributed by atoms with van der Waals surface area (Å²) in [7, 11) is 0. The number of carbonyl (C=O) groups is 1. The maximum Gasteiger partial charge on any atom is 0.251 e. The number of rotatable bonds is 5. The van der Waals surface area contributed by atoms with Gasteiger partial charge in [-0.05, 0) is 31.0 Å². The van der Waals surface area contributed by atoms with E-state index in [-0.39, 0.29) is 23.7 Å². The van der Waals surface area contributed by atoms with Gasteiger partial charge in [-0.1, -0.05) is 19.9 Å². The van der Waals surface area contributed by atoms with Crippen molar-refractivity contribution in [2.75, 3.05) is 13.2 Å². The molecule has 0 radical (unpaired) electrons. The first kappa shape index (κ1) is 14.5. The topological polar surface area (TPSA) is 69.6 Å². The Balaban J connectivity index is 2.68. The van der Waals surface area contributed by atoms with Gasteiger partial charge in [0, 0.05) is 17.5 Å². The monoisotopic (exact) mass is 251 g/mol. The number of nitrogens with one attached hydrogen (secondary N) is 1. The van der Waals surface area contributed by atoms with Crippen LogP contribution in [0.2, 0.25) is 0 Å². The van der Waals surface area contributed by atoms with Crippen molar-refractivity contribution in [3.8, 4) is 5.75 Å². The summed E-state index contributed by atoms with van der Waals surface area (Å²) < 4.78 is 0. The second-order valence-corrected chi connectivity index (χ2v) is 5.01. The summed E-state index contributed by atoms with van der Waals surface area (Å²) in [5, 5.41) is 21.6. The number of hydrogen-bond donors (Lipinski definition) is 3. The lowest BCUT2D eigenvalue weighted by Crippen LogP contribution is -2.37. The summed E-state index contributed by atoms with van der Waals surface area (Å²) in [5.74, 6) is -0.124. The molecule has 1 rings (SSSR count). The standard InChI is InChI=1S/C14H21NO3/c1-4-14(3,9-16)8-15-13(18)11-6-5-10(2)12(17)7-11/h5-7,16-17H,4,8-9H2,1-3H3,(H,15,18)/t14-/m1/s1. The smallest absolute Gasteiger partial charge is 0.251 e. The van der Waals surface area contributed by atoms with E-state index in [0.29, 0.717) is 12.1 Å². The van der Waals surface area contributed by atoms with Gasteiger partial charge in [0.1, 0.15) is 5.75 Å². The van der Waals surface area contributed by atoms with Crippen LogP contribution in [0.1, 0.15) is 36.2 Å². The fraction of sp³-hybridized carbons (Fsp3) is 0.500. The van der Waals surface area contributed by atoms with Crippen LogP contribution in [0, 0.1) is 12.3 Å². The zero-order chi connectivity index (χ0) is 13.8. The van der Waals surface area contributed by atoms with E-state index in [1.54, 1.807) is 19.1 Å². The number of phenols is 1. The molecule has 0 bridgehead atoms. The molecule has 4 heteroatoms. The van der Waals surface area contributed by atoms with Crippen molar-refractivity contribution in [2.24, 2.45) is 5.41 Å². The molecule has 1 atom stereocenters. The van der Waals surface area contributed by atoms with Gasteiger partial charge in [0.15, 0.2) is 0 Å². The number of aryl methyl sites for hydroxylation is 1. The highest BCUT2D eigenvalue weighted by Crippen LogP contribution is 2.20. The van der Waals surface area contributed by atoms with E-state index in [1.165, 1.54) is 6.07 Å². The zero-order valence-electron chi connectivity index (χ0n) is 11.2. The van der Waals surface area contributed by atoms with Gasteiger partial charge >= 0.3 is 0 Å². The number of aliphatic hydroxyl groups excluding tert-OH is 1. The van der Waals surface area contributed by atoms with Crippen LogP contribution in [0.15, 0.2) is 18.2 Å². The molecule has 0 saturated carbocycles. The summed E-state index contributed by atoms with van der Waals surface area (Å²) in [6.07, 6.45) is 0.781. The Morgan fingerprint density at radius 3 is 2.61 bits per heavy atom. The Bertz CT molecular complexity index is 425. The second kappa shape index (κ2) is 5.87. The maximum atomic E-state index is 11.9. The Hall–Kier alpha value is -1.55. The molecule has 4 nitrogen and oxygen atoms in total. The molecular weight excluding hydrogens is 230 g/mol. The molecule has 1 amide bonds. The molecule has 3 N–H and O–H groups in total. The van der Waals surface area contributed by atoms with Gasteiger partial charge in [-0.15, -0.1) is 0 Å². The molecule has 1 aromatic carbocycles. The molecule has 0 heterocycles. The van der Waals surface area contributed by atoms with Crippen LogP contribution >= 0.6 is 0 Å². The number of phenolic OH excluding ortho intramolecular Hbond substituents is 1. The second-order valence-electron chi connectivity index (χ2n) is 5.01.